The minimum absolute atomic E-state index is 0.00700. The van der Waals surface area contributed by atoms with Crippen molar-refractivity contribution in [2.24, 2.45) is 10.2 Å². The summed E-state index contributed by atoms with van der Waals surface area (Å²) in [6, 6.07) is 12.2. The molecule has 1 aliphatic rings. The number of rotatable bonds is 8. The standard InChI is InChI=1S/C19H17N3O7S2/c1-28-14-8-7-12(9-15(14)29-31(26,27)13-5-3-2-4-6-13)11-20-22-19-21-18(25)16(30-19)10-17(23)24/h2-9,11,16H,10H2,1H3,(H,23,24)(H,21,22,25)/b20-11-/t16-/m1/s1. The molecular weight excluding hydrogens is 446 g/mol. The van der Waals surface area contributed by atoms with Gasteiger partial charge in [-0.15, -0.1) is 5.10 Å². The van der Waals surface area contributed by atoms with Crippen molar-refractivity contribution in [3.8, 4) is 11.5 Å². The first-order valence-corrected chi connectivity index (χ1v) is 11.0. The van der Waals surface area contributed by atoms with Gasteiger partial charge < -0.3 is 19.3 Å². The molecule has 1 atom stereocenters. The number of thioether (sulfide) groups is 1. The lowest BCUT2D eigenvalue weighted by molar-refractivity contribution is -0.138. The second kappa shape index (κ2) is 9.62. The zero-order valence-electron chi connectivity index (χ0n) is 16.1. The van der Waals surface area contributed by atoms with Crippen LogP contribution in [0.4, 0.5) is 0 Å². The SMILES string of the molecule is COc1ccc(/C=N\N=C2\NC(=O)[C@@H](CC(=O)O)S2)cc1OS(=O)(=O)c1ccccc1. The number of amides is 1. The molecule has 0 aliphatic carbocycles. The summed E-state index contributed by atoms with van der Waals surface area (Å²) in [5.74, 6) is -1.37. The Hall–Kier alpha value is -3.38. The van der Waals surface area contributed by atoms with Crippen LogP contribution >= 0.6 is 11.8 Å². The maximum absolute atomic E-state index is 12.5. The normalized spacial score (nSPS) is 17.6. The number of hydrogen-bond acceptors (Lipinski definition) is 9. The van der Waals surface area contributed by atoms with Crippen LogP contribution in [0.15, 0.2) is 63.6 Å². The lowest BCUT2D eigenvalue weighted by Crippen LogP contribution is -2.26. The molecule has 1 fully saturated rings. The van der Waals surface area contributed by atoms with Crippen LogP contribution in [0.3, 0.4) is 0 Å². The number of carboxylic acid groups (broad SMARTS) is 1. The molecule has 10 nitrogen and oxygen atoms in total. The van der Waals surface area contributed by atoms with Gasteiger partial charge in [-0.05, 0) is 35.9 Å². The van der Waals surface area contributed by atoms with Crippen LogP contribution in [0.25, 0.3) is 0 Å². The van der Waals surface area contributed by atoms with Gasteiger partial charge in [-0.2, -0.15) is 13.5 Å². The molecule has 12 heteroatoms. The highest BCUT2D eigenvalue weighted by Gasteiger charge is 2.32. The van der Waals surface area contributed by atoms with E-state index < -0.39 is 27.2 Å². The predicted octanol–water partition coefficient (Wildman–Crippen LogP) is 1.86. The van der Waals surface area contributed by atoms with E-state index in [1.807, 2.05) is 0 Å². The molecule has 0 bridgehead atoms. The molecule has 1 amide bonds. The van der Waals surface area contributed by atoms with Crippen molar-refractivity contribution in [1.82, 2.24) is 5.32 Å². The average Bonchev–Trinajstić information content (AvgIpc) is 3.07. The van der Waals surface area contributed by atoms with Crippen molar-refractivity contribution in [3.63, 3.8) is 0 Å². The quantitative estimate of drug-likeness (QED) is 0.343. The molecule has 3 rings (SSSR count). The van der Waals surface area contributed by atoms with Crippen molar-refractivity contribution in [2.45, 2.75) is 16.6 Å². The van der Waals surface area contributed by atoms with Crippen LogP contribution in [0.5, 0.6) is 11.5 Å². The molecule has 0 saturated carbocycles. The monoisotopic (exact) mass is 463 g/mol. The van der Waals surface area contributed by atoms with Gasteiger partial charge in [0.05, 0.1) is 19.7 Å². The molecule has 0 unspecified atom stereocenters. The number of carboxylic acids is 1. The van der Waals surface area contributed by atoms with E-state index in [4.69, 9.17) is 14.0 Å². The molecule has 0 radical (unpaired) electrons. The molecule has 1 saturated heterocycles. The minimum atomic E-state index is -4.07. The molecule has 31 heavy (non-hydrogen) atoms. The number of methoxy groups -OCH3 is 1. The first-order valence-electron chi connectivity index (χ1n) is 8.76. The van der Waals surface area contributed by atoms with E-state index in [-0.39, 0.29) is 28.0 Å². The highest BCUT2D eigenvalue weighted by molar-refractivity contribution is 8.15. The third kappa shape index (κ3) is 5.83. The number of nitrogens with one attached hydrogen (secondary N) is 1. The van der Waals surface area contributed by atoms with Gasteiger partial charge in [-0.1, -0.05) is 30.0 Å². The zero-order valence-corrected chi connectivity index (χ0v) is 17.7. The number of carbonyl (C=O) groups excluding carboxylic acids is 1. The van der Waals surface area contributed by atoms with E-state index in [0.717, 1.165) is 11.8 Å². The summed E-state index contributed by atoms with van der Waals surface area (Å²) < 4.78 is 35.4. The minimum Gasteiger partial charge on any atom is -0.493 e. The summed E-state index contributed by atoms with van der Waals surface area (Å²) in [5, 5.41) is 18.4. The maximum atomic E-state index is 12.5. The van der Waals surface area contributed by atoms with Gasteiger partial charge in [0, 0.05) is 0 Å². The van der Waals surface area contributed by atoms with E-state index in [9.17, 15) is 18.0 Å². The summed E-state index contributed by atoms with van der Waals surface area (Å²) in [7, 11) is -2.69. The second-order valence-corrected chi connectivity index (χ2v) is 8.84. The fourth-order valence-corrected chi connectivity index (χ4v) is 4.35. The number of aliphatic carboxylic acids is 1. The lowest BCUT2D eigenvalue weighted by Gasteiger charge is -2.11. The van der Waals surface area contributed by atoms with E-state index in [2.05, 4.69) is 15.5 Å². The number of carbonyl (C=O) groups is 2. The largest absolute Gasteiger partial charge is 0.493 e. The molecule has 2 N–H and O–H groups in total. The van der Waals surface area contributed by atoms with Crippen LogP contribution in [-0.2, 0) is 19.7 Å². The first kappa shape index (κ1) is 22.3. The molecular formula is C19H17N3O7S2. The molecule has 162 valence electrons. The summed E-state index contributed by atoms with van der Waals surface area (Å²) >= 11 is 0.968. The fraction of sp³-hybridized carbons (Fsp3) is 0.158. The van der Waals surface area contributed by atoms with Gasteiger partial charge in [0.2, 0.25) is 5.91 Å². The maximum Gasteiger partial charge on any atom is 0.339 e. The Balaban J connectivity index is 1.76. The number of nitrogens with zero attached hydrogens (tertiary/aromatic N) is 2. The van der Waals surface area contributed by atoms with E-state index in [0.29, 0.717) is 5.56 Å². The van der Waals surface area contributed by atoms with Gasteiger partial charge in [0.15, 0.2) is 16.7 Å². The summed E-state index contributed by atoms with van der Waals surface area (Å²) in [5.41, 5.74) is 0.458. The number of benzene rings is 2. The Kier molecular flexibility index (Phi) is 6.92. The van der Waals surface area contributed by atoms with E-state index >= 15 is 0 Å². The lowest BCUT2D eigenvalue weighted by atomic mass is 10.2. The molecule has 0 spiro atoms. The van der Waals surface area contributed by atoms with Gasteiger partial charge in [-0.3, -0.25) is 9.59 Å². The van der Waals surface area contributed by atoms with Crippen molar-refractivity contribution in [1.29, 1.82) is 0 Å². The second-order valence-electron chi connectivity index (χ2n) is 6.10. The Morgan fingerprint density at radius 1 is 1.23 bits per heavy atom. The van der Waals surface area contributed by atoms with Crippen LogP contribution in [-0.4, -0.2) is 49.1 Å². The third-order valence-electron chi connectivity index (χ3n) is 3.91. The average molecular weight is 463 g/mol. The molecule has 1 aliphatic heterocycles. The topological polar surface area (TPSA) is 144 Å². The molecule has 0 aromatic heterocycles. The fourth-order valence-electron chi connectivity index (χ4n) is 2.49. The van der Waals surface area contributed by atoms with Gasteiger partial charge in [0.1, 0.15) is 10.1 Å². The first-order chi connectivity index (χ1) is 14.8. The van der Waals surface area contributed by atoms with Crippen molar-refractivity contribution in [2.75, 3.05) is 7.11 Å². The third-order valence-corrected chi connectivity index (χ3v) is 6.23. The van der Waals surface area contributed by atoms with Crippen LogP contribution in [0.1, 0.15) is 12.0 Å². The summed E-state index contributed by atoms with van der Waals surface area (Å²) in [4.78, 5) is 22.4. The van der Waals surface area contributed by atoms with Crippen molar-refractivity contribution in [3.05, 3.63) is 54.1 Å². The highest BCUT2D eigenvalue weighted by atomic mass is 32.2. The predicted molar refractivity (Wildman–Crippen MR) is 114 cm³/mol. The van der Waals surface area contributed by atoms with Crippen LogP contribution < -0.4 is 14.2 Å². The molecule has 2 aromatic rings. The molecule has 2 aromatic carbocycles. The van der Waals surface area contributed by atoms with Gasteiger partial charge in [-0.25, -0.2) is 0 Å². The van der Waals surface area contributed by atoms with Crippen LogP contribution in [0.2, 0.25) is 0 Å². The highest BCUT2D eigenvalue weighted by Crippen LogP contribution is 2.30. The summed E-state index contributed by atoms with van der Waals surface area (Å²) in [6.45, 7) is 0. The number of hydrogen-bond donors (Lipinski definition) is 2. The Labute approximate surface area is 182 Å². The van der Waals surface area contributed by atoms with E-state index in [1.54, 1.807) is 24.3 Å². The smallest absolute Gasteiger partial charge is 0.339 e. The Bertz CT molecular complexity index is 1150. The Morgan fingerprint density at radius 2 is 1.97 bits per heavy atom. The summed E-state index contributed by atoms with van der Waals surface area (Å²) in [6.07, 6.45) is 1.000. The van der Waals surface area contributed by atoms with Crippen molar-refractivity contribution >= 4 is 45.1 Å². The van der Waals surface area contributed by atoms with Gasteiger partial charge in [0.25, 0.3) is 0 Å². The van der Waals surface area contributed by atoms with E-state index in [1.165, 1.54) is 37.6 Å². The molecule has 1 heterocycles. The zero-order chi connectivity index (χ0) is 22.4. The number of ether oxygens (including phenoxy) is 1. The number of amidine groups is 1. The Morgan fingerprint density at radius 3 is 2.65 bits per heavy atom. The van der Waals surface area contributed by atoms with Gasteiger partial charge >= 0.3 is 16.1 Å². The van der Waals surface area contributed by atoms with Crippen LogP contribution in [0, 0.1) is 0 Å². The van der Waals surface area contributed by atoms with Crippen molar-refractivity contribution < 1.29 is 32.0 Å².